The summed E-state index contributed by atoms with van der Waals surface area (Å²) in [5, 5.41) is 0. The van der Waals surface area contributed by atoms with Crippen molar-refractivity contribution in [2.75, 3.05) is 32.9 Å². The third-order valence-electron chi connectivity index (χ3n) is 3.38. The summed E-state index contributed by atoms with van der Waals surface area (Å²) < 4.78 is 37.4. The SMILES string of the molecule is CC(C)CCOc1cccc(S(=O)(=O)N2CCOCC2)c1. The smallest absolute Gasteiger partial charge is 0.243 e. The van der Waals surface area contributed by atoms with E-state index in [0.717, 1.165) is 6.42 Å². The molecule has 0 saturated carbocycles. The fraction of sp³-hybridized carbons (Fsp3) is 0.600. The van der Waals surface area contributed by atoms with E-state index in [4.69, 9.17) is 9.47 Å². The van der Waals surface area contributed by atoms with Gasteiger partial charge in [0, 0.05) is 19.2 Å². The minimum absolute atomic E-state index is 0.284. The molecule has 1 aromatic rings. The highest BCUT2D eigenvalue weighted by atomic mass is 32.2. The van der Waals surface area contributed by atoms with Gasteiger partial charge in [-0.15, -0.1) is 0 Å². The minimum Gasteiger partial charge on any atom is -0.494 e. The van der Waals surface area contributed by atoms with Crippen molar-refractivity contribution in [3.8, 4) is 5.75 Å². The highest BCUT2D eigenvalue weighted by Gasteiger charge is 2.26. The van der Waals surface area contributed by atoms with E-state index < -0.39 is 10.0 Å². The van der Waals surface area contributed by atoms with Gasteiger partial charge in [0.15, 0.2) is 0 Å². The molecule has 0 amide bonds. The lowest BCUT2D eigenvalue weighted by molar-refractivity contribution is 0.0730. The van der Waals surface area contributed by atoms with Gasteiger partial charge in [-0.25, -0.2) is 8.42 Å². The molecular formula is C15H23NO4S. The number of morpholine rings is 1. The average Bonchev–Trinajstić information content (AvgIpc) is 2.48. The maximum Gasteiger partial charge on any atom is 0.243 e. The van der Waals surface area contributed by atoms with Crippen LogP contribution in [-0.4, -0.2) is 45.6 Å². The third kappa shape index (κ3) is 4.43. The summed E-state index contributed by atoms with van der Waals surface area (Å²) in [4.78, 5) is 0.284. The van der Waals surface area contributed by atoms with Crippen molar-refractivity contribution in [1.29, 1.82) is 0 Å². The Hall–Kier alpha value is -1.11. The number of benzene rings is 1. The van der Waals surface area contributed by atoms with Gasteiger partial charge in [0.05, 0.1) is 24.7 Å². The number of hydrogen-bond donors (Lipinski definition) is 0. The van der Waals surface area contributed by atoms with E-state index in [2.05, 4.69) is 13.8 Å². The van der Waals surface area contributed by atoms with Crippen LogP contribution in [0.2, 0.25) is 0 Å². The molecule has 0 N–H and O–H groups in total. The standard InChI is InChI=1S/C15H23NO4S/c1-13(2)6-9-20-14-4-3-5-15(12-14)21(17,18)16-7-10-19-11-8-16/h3-5,12-13H,6-11H2,1-2H3. The quantitative estimate of drug-likeness (QED) is 0.807. The molecule has 5 nitrogen and oxygen atoms in total. The Kier molecular flexibility index (Phi) is 5.61. The molecule has 2 rings (SSSR count). The molecule has 1 heterocycles. The van der Waals surface area contributed by atoms with Crippen LogP contribution in [0.25, 0.3) is 0 Å². The van der Waals surface area contributed by atoms with Crippen LogP contribution >= 0.6 is 0 Å². The molecule has 118 valence electrons. The molecule has 1 aliphatic rings. The van der Waals surface area contributed by atoms with Gasteiger partial charge in [0.1, 0.15) is 5.75 Å². The summed E-state index contributed by atoms with van der Waals surface area (Å²) >= 11 is 0. The molecule has 0 bridgehead atoms. The summed E-state index contributed by atoms with van der Waals surface area (Å²) in [5.74, 6) is 1.16. The molecule has 1 saturated heterocycles. The normalized spacial score (nSPS) is 17.1. The molecule has 21 heavy (non-hydrogen) atoms. The maximum atomic E-state index is 12.5. The Labute approximate surface area is 126 Å². The van der Waals surface area contributed by atoms with Gasteiger partial charge in [-0.3, -0.25) is 0 Å². The van der Waals surface area contributed by atoms with Gasteiger partial charge in [-0.2, -0.15) is 4.31 Å². The Morgan fingerprint density at radius 1 is 1.29 bits per heavy atom. The molecule has 0 unspecified atom stereocenters. The zero-order valence-corrected chi connectivity index (χ0v) is 13.4. The van der Waals surface area contributed by atoms with E-state index in [9.17, 15) is 8.42 Å². The first-order valence-corrected chi connectivity index (χ1v) is 8.75. The van der Waals surface area contributed by atoms with Crippen molar-refractivity contribution in [2.45, 2.75) is 25.2 Å². The molecule has 1 aliphatic heterocycles. The fourth-order valence-corrected chi connectivity index (χ4v) is 3.52. The van der Waals surface area contributed by atoms with E-state index >= 15 is 0 Å². The van der Waals surface area contributed by atoms with Crippen LogP contribution in [0.1, 0.15) is 20.3 Å². The number of rotatable bonds is 6. The molecular weight excluding hydrogens is 290 g/mol. The third-order valence-corrected chi connectivity index (χ3v) is 5.27. The van der Waals surface area contributed by atoms with Crippen molar-refractivity contribution in [3.05, 3.63) is 24.3 Å². The molecule has 0 radical (unpaired) electrons. The molecule has 0 aromatic heterocycles. The van der Waals surface area contributed by atoms with Gasteiger partial charge in [0.25, 0.3) is 0 Å². The molecule has 0 atom stereocenters. The van der Waals surface area contributed by atoms with E-state index in [1.807, 2.05) is 0 Å². The maximum absolute atomic E-state index is 12.5. The summed E-state index contributed by atoms with van der Waals surface area (Å²) in [7, 11) is -3.45. The first-order valence-electron chi connectivity index (χ1n) is 7.31. The van der Waals surface area contributed by atoms with Gasteiger partial charge < -0.3 is 9.47 Å². The second kappa shape index (κ2) is 7.24. The summed E-state index contributed by atoms with van der Waals surface area (Å²) in [6, 6.07) is 6.72. The zero-order chi connectivity index (χ0) is 15.3. The van der Waals surface area contributed by atoms with Crippen LogP contribution < -0.4 is 4.74 Å². The summed E-state index contributed by atoms with van der Waals surface area (Å²) in [6.45, 7) is 6.55. The minimum atomic E-state index is -3.45. The number of sulfonamides is 1. The van der Waals surface area contributed by atoms with E-state index in [1.165, 1.54) is 4.31 Å². The highest BCUT2D eigenvalue weighted by molar-refractivity contribution is 7.89. The first kappa shape index (κ1) is 16.3. The van der Waals surface area contributed by atoms with E-state index in [1.54, 1.807) is 24.3 Å². The molecule has 6 heteroatoms. The highest BCUT2D eigenvalue weighted by Crippen LogP contribution is 2.22. The topological polar surface area (TPSA) is 55.8 Å². The van der Waals surface area contributed by atoms with Crippen LogP contribution in [0.4, 0.5) is 0 Å². The first-order chi connectivity index (χ1) is 10.00. The van der Waals surface area contributed by atoms with Crippen molar-refractivity contribution < 1.29 is 17.9 Å². The van der Waals surface area contributed by atoms with Crippen molar-refractivity contribution in [2.24, 2.45) is 5.92 Å². The lowest BCUT2D eigenvalue weighted by Crippen LogP contribution is -2.40. The molecule has 0 aliphatic carbocycles. The van der Waals surface area contributed by atoms with Gasteiger partial charge in [0.2, 0.25) is 10.0 Å². The number of ether oxygens (including phenoxy) is 2. The Morgan fingerprint density at radius 2 is 2.00 bits per heavy atom. The fourth-order valence-electron chi connectivity index (χ4n) is 2.07. The van der Waals surface area contributed by atoms with Gasteiger partial charge in [-0.05, 0) is 24.5 Å². The van der Waals surface area contributed by atoms with Crippen molar-refractivity contribution >= 4 is 10.0 Å². The second-order valence-electron chi connectivity index (χ2n) is 5.52. The summed E-state index contributed by atoms with van der Waals surface area (Å²) in [6.07, 6.45) is 0.945. The lowest BCUT2D eigenvalue weighted by Gasteiger charge is -2.26. The van der Waals surface area contributed by atoms with E-state index in [0.29, 0.717) is 44.6 Å². The Bertz CT molecular complexity index is 551. The number of nitrogens with zero attached hydrogens (tertiary/aromatic N) is 1. The van der Waals surface area contributed by atoms with Crippen LogP contribution in [0.3, 0.4) is 0 Å². The predicted molar refractivity (Wildman–Crippen MR) is 81.0 cm³/mol. The van der Waals surface area contributed by atoms with Crippen molar-refractivity contribution in [1.82, 2.24) is 4.31 Å². The van der Waals surface area contributed by atoms with Crippen LogP contribution in [0, 0.1) is 5.92 Å². The lowest BCUT2D eigenvalue weighted by atomic mass is 10.1. The molecule has 1 fully saturated rings. The average molecular weight is 313 g/mol. The number of hydrogen-bond acceptors (Lipinski definition) is 4. The monoisotopic (exact) mass is 313 g/mol. The predicted octanol–water partition coefficient (Wildman–Crippen LogP) is 2.13. The second-order valence-corrected chi connectivity index (χ2v) is 7.46. The van der Waals surface area contributed by atoms with Crippen LogP contribution in [0.15, 0.2) is 29.2 Å². The molecule has 0 spiro atoms. The Morgan fingerprint density at radius 3 is 2.67 bits per heavy atom. The van der Waals surface area contributed by atoms with Gasteiger partial charge in [-0.1, -0.05) is 19.9 Å². The molecule has 1 aromatic carbocycles. The largest absolute Gasteiger partial charge is 0.494 e. The van der Waals surface area contributed by atoms with Crippen LogP contribution in [0.5, 0.6) is 5.75 Å². The van der Waals surface area contributed by atoms with Crippen molar-refractivity contribution in [3.63, 3.8) is 0 Å². The van der Waals surface area contributed by atoms with E-state index in [-0.39, 0.29) is 4.90 Å². The zero-order valence-electron chi connectivity index (χ0n) is 12.6. The van der Waals surface area contributed by atoms with Crippen LogP contribution in [-0.2, 0) is 14.8 Å². The van der Waals surface area contributed by atoms with Gasteiger partial charge >= 0.3 is 0 Å². The summed E-state index contributed by atoms with van der Waals surface area (Å²) in [5.41, 5.74) is 0. The Balaban J connectivity index is 2.08.